The van der Waals surface area contributed by atoms with Gasteiger partial charge in [0, 0.05) is 18.0 Å². The standard InChI is InChI=1S/C15H16N2O3/c18-14(15(19)20)3-1-2-11-4-6-12(7-5-11)13-8-16-10-17-9-13/h4-10,14,18H,1-3H2,(H,19,20). The van der Waals surface area contributed by atoms with E-state index in [0.29, 0.717) is 6.42 Å². The summed E-state index contributed by atoms with van der Waals surface area (Å²) in [6, 6.07) is 7.97. The fraction of sp³-hybridized carbons (Fsp3) is 0.267. The van der Waals surface area contributed by atoms with Gasteiger partial charge >= 0.3 is 5.97 Å². The molecule has 20 heavy (non-hydrogen) atoms. The Kier molecular flexibility index (Phi) is 4.79. The highest BCUT2D eigenvalue weighted by Gasteiger charge is 2.11. The number of benzene rings is 1. The Morgan fingerprint density at radius 1 is 1.10 bits per heavy atom. The molecular formula is C15H16N2O3. The Morgan fingerprint density at radius 2 is 1.75 bits per heavy atom. The van der Waals surface area contributed by atoms with E-state index in [4.69, 9.17) is 5.11 Å². The first-order valence-corrected chi connectivity index (χ1v) is 6.42. The fourth-order valence-electron chi connectivity index (χ4n) is 1.94. The number of hydrogen-bond donors (Lipinski definition) is 2. The number of carbonyl (C=O) groups is 1. The summed E-state index contributed by atoms with van der Waals surface area (Å²) in [5, 5.41) is 17.8. The van der Waals surface area contributed by atoms with Crippen molar-refractivity contribution in [2.24, 2.45) is 0 Å². The minimum Gasteiger partial charge on any atom is -0.479 e. The zero-order chi connectivity index (χ0) is 14.4. The summed E-state index contributed by atoms with van der Waals surface area (Å²) in [6.07, 6.45) is 5.39. The molecule has 0 amide bonds. The van der Waals surface area contributed by atoms with Crippen LogP contribution >= 0.6 is 0 Å². The van der Waals surface area contributed by atoms with Crippen LogP contribution in [0, 0.1) is 0 Å². The van der Waals surface area contributed by atoms with E-state index in [9.17, 15) is 9.90 Å². The third-order valence-corrected chi connectivity index (χ3v) is 3.08. The van der Waals surface area contributed by atoms with Gasteiger partial charge in [-0.05, 0) is 30.4 Å². The van der Waals surface area contributed by atoms with Gasteiger partial charge in [-0.1, -0.05) is 24.3 Å². The lowest BCUT2D eigenvalue weighted by Gasteiger charge is -2.06. The van der Waals surface area contributed by atoms with Crippen molar-refractivity contribution in [1.82, 2.24) is 9.97 Å². The number of hydrogen-bond acceptors (Lipinski definition) is 4. The van der Waals surface area contributed by atoms with Gasteiger partial charge in [0.25, 0.3) is 0 Å². The molecule has 5 heteroatoms. The summed E-state index contributed by atoms with van der Waals surface area (Å²) in [4.78, 5) is 18.4. The number of aryl methyl sites for hydroxylation is 1. The maximum absolute atomic E-state index is 10.5. The van der Waals surface area contributed by atoms with E-state index in [2.05, 4.69) is 9.97 Å². The van der Waals surface area contributed by atoms with Crippen molar-refractivity contribution in [3.63, 3.8) is 0 Å². The van der Waals surface area contributed by atoms with Crippen LogP contribution in [0.5, 0.6) is 0 Å². The van der Waals surface area contributed by atoms with Crippen molar-refractivity contribution < 1.29 is 15.0 Å². The number of rotatable bonds is 6. The van der Waals surface area contributed by atoms with Crippen LogP contribution in [-0.2, 0) is 11.2 Å². The molecule has 2 aromatic rings. The fourth-order valence-corrected chi connectivity index (χ4v) is 1.94. The van der Waals surface area contributed by atoms with Crippen LogP contribution in [0.4, 0.5) is 0 Å². The number of carboxylic acids is 1. The minimum absolute atomic E-state index is 0.267. The molecule has 0 aliphatic carbocycles. The molecule has 1 aromatic carbocycles. The zero-order valence-corrected chi connectivity index (χ0v) is 10.9. The molecule has 0 saturated carbocycles. The topological polar surface area (TPSA) is 83.3 Å². The maximum atomic E-state index is 10.5. The molecule has 1 aromatic heterocycles. The average molecular weight is 272 g/mol. The predicted octanol–water partition coefficient (Wildman–Crippen LogP) is 1.91. The lowest BCUT2D eigenvalue weighted by Crippen LogP contribution is -2.19. The van der Waals surface area contributed by atoms with Crippen LogP contribution in [0.3, 0.4) is 0 Å². The second-order valence-electron chi connectivity index (χ2n) is 4.57. The summed E-state index contributed by atoms with van der Waals surface area (Å²) in [5.74, 6) is -1.16. The zero-order valence-electron chi connectivity index (χ0n) is 10.9. The molecule has 0 radical (unpaired) electrons. The van der Waals surface area contributed by atoms with E-state index < -0.39 is 12.1 Å². The molecular weight excluding hydrogens is 256 g/mol. The average Bonchev–Trinajstić information content (AvgIpc) is 2.48. The van der Waals surface area contributed by atoms with Crippen molar-refractivity contribution in [2.75, 3.05) is 0 Å². The summed E-state index contributed by atoms with van der Waals surface area (Å²) < 4.78 is 0. The van der Waals surface area contributed by atoms with Gasteiger partial charge in [0.05, 0.1) is 0 Å². The molecule has 0 saturated heterocycles. The van der Waals surface area contributed by atoms with E-state index in [0.717, 1.165) is 23.1 Å². The van der Waals surface area contributed by atoms with Crippen molar-refractivity contribution in [1.29, 1.82) is 0 Å². The van der Waals surface area contributed by atoms with Crippen molar-refractivity contribution in [3.05, 3.63) is 48.5 Å². The van der Waals surface area contributed by atoms with Gasteiger partial charge in [-0.2, -0.15) is 0 Å². The first-order valence-electron chi connectivity index (χ1n) is 6.42. The molecule has 2 rings (SSSR count). The highest BCUT2D eigenvalue weighted by atomic mass is 16.4. The van der Waals surface area contributed by atoms with Gasteiger partial charge in [0.1, 0.15) is 6.33 Å². The Balaban J connectivity index is 1.91. The summed E-state index contributed by atoms with van der Waals surface area (Å²) in [6.45, 7) is 0. The second-order valence-corrected chi connectivity index (χ2v) is 4.57. The predicted molar refractivity (Wildman–Crippen MR) is 74.0 cm³/mol. The molecule has 1 atom stereocenters. The lowest BCUT2D eigenvalue weighted by atomic mass is 10.0. The number of carboxylic acid groups (broad SMARTS) is 1. The van der Waals surface area contributed by atoms with Crippen molar-refractivity contribution in [3.8, 4) is 11.1 Å². The quantitative estimate of drug-likeness (QED) is 0.839. The van der Waals surface area contributed by atoms with Gasteiger partial charge in [0.2, 0.25) is 0 Å². The maximum Gasteiger partial charge on any atom is 0.332 e. The van der Waals surface area contributed by atoms with Crippen LogP contribution in [-0.4, -0.2) is 32.3 Å². The van der Waals surface area contributed by atoms with Gasteiger partial charge in [-0.25, -0.2) is 14.8 Å². The third-order valence-electron chi connectivity index (χ3n) is 3.08. The Bertz CT molecular complexity index is 555. The van der Waals surface area contributed by atoms with E-state index in [-0.39, 0.29) is 6.42 Å². The largest absolute Gasteiger partial charge is 0.479 e. The van der Waals surface area contributed by atoms with Crippen molar-refractivity contribution >= 4 is 5.97 Å². The normalized spacial score (nSPS) is 12.1. The third kappa shape index (κ3) is 3.86. The molecule has 0 aliphatic heterocycles. The lowest BCUT2D eigenvalue weighted by molar-refractivity contribution is -0.146. The molecule has 5 nitrogen and oxygen atoms in total. The van der Waals surface area contributed by atoms with Gasteiger partial charge in [-0.3, -0.25) is 0 Å². The van der Waals surface area contributed by atoms with E-state index in [1.54, 1.807) is 12.4 Å². The molecule has 104 valence electrons. The van der Waals surface area contributed by atoms with Crippen LogP contribution < -0.4 is 0 Å². The summed E-state index contributed by atoms with van der Waals surface area (Å²) in [7, 11) is 0. The van der Waals surface area contributed by atoms with Crippen molar-refractivity contribution in [2.45, 2.75) is 25.4 Å². The highest BCUT2D eigenvalue weighted by Crippen LogP contribution is 2.18. The number of nitrogens with zero attached hydrogens (tertiary/aromatic N) is 2. The Hall–Kier alpha value is -2.27. The number of aromatic nitrogens is 2. The summed E-state index contributed by atoms with van der Waals surface area (Å²) in [5.41, 5.74) is 3.11. The van der Waals surface area contributed by atoms with Gasteiger partial charge < -0.3 is 10.2 Å². The second kappa shape index (κ2) is 6.77. The molecule has 0 spiro atoms. The molecule has 1 heterocycles. The first-order chi connectivity index (χ1) is 9.66. The van der Waals surface area contributed by atoms with E-state index in [1.807, 2.05) is 24.3 Å². The van der Waals surface area contributed by atoms with Crippen LogP contribution in [0.15, 0.2) is 43.0 Å². The number of aliphatic carboxylic acids is 1. The smallest absolute Gasteiger partial charge is 0.332 e. The van der Waals surface area contributed by atoms with Crippen LogP contribution in [0.25, 0.3) is 11.1 Å². The summed E-state index contributed by atoms with van der Waals surface area (Å²) >= 11 is 0. The minimum atomic E-state index is -1.27. The van der Waals surface area contributed by atoms with Gasteiger partial charge in [-0.15, -0.1) is 0 Å². The number of aliphatic hydroxyl groups excluding tert-OH is 1. The van der Waals surface area contributed by atoms with Gasteiger partial charge in [0.15, 0.2) is 6.10 Å². The molecule has 2 N–H and O–H groups in total. The SMILES string of the molecule is O=C(O)C(O)CCCc1ccc(-c2cncnc2)cc1. The van der Waals surface area contributed by atoms with E-state index >= 15 is 0 Å². The first kappa shape index (κ1) is 14.1. The molecule has 0 aliphatic rings. The van der Waals surface area contributed by atoms with Crippen LogP contribution in [0.2, 0.25) is 0 Å². The molecule has 1 unspecified atom stereocenters. The highest BCUT2D eigenvalue weighted by molar-refractivity contribution is 5.71. The Labute approximate surface area is 117 Å². The monoisotopic (exact) mass is 272 g/mol. The van der Waals surface area contributed by atoms with Crippen LogP contribution in [0.1, 0.15) is 18.4 Å². The van der Waals surface area contributed by atoms with E-state index in [1.165, 1.54) is 6.33 Å². The Morgan fingerprint density at radius 3 is 2.35 bits per heavy atom. The molecule has 0 bridgehead atoms. The number of aliphatic hydroxyl groups is 1. The molecule has 0 fully saturated rings.